The van der Waals surface area contributed by atoms with Gasteiger partial charge in [-0.1, -0.05) is 0 Å². The van der Waals surface area contributed by atoms with E-state index in [0.717, 1.165) is 5.75 Å². The van der Waals surface area contributed by atoms with E-state index >= 15 is 0 Å². The maximum atomic E-state index is 6.70. The average molecular weight is 380 g/mol. The van der Waals surface area contributed by atoms with Crippen LogP contribution in [-0.4, -0.2) is 3.81 Å². The van der Waals surface area contributed by atoms with E-state index in [-0.39, 0.29) is 0 Å². The van der Waals surface area contributed by atoms with Crippen molar-refractivity contribution in [3.63, 3.8) is 0 Å². The summed E-state index contributed by atoms with van der Waals surface area (Å²) in [6, 6.07) is 19.1. The van der Waals surface area contributed by atoms with Gasteiger partial charge in [0, 0.05) is 0 Å². The Morgan fingerprint density at radius 3 is 2.08 bits per heavy atom. The molecule has 0 saturated heterocycles. The fourth-order valence-electron chi connectivity index (χ4n) is 3.64. The van der Waals surface area contributed by atoms with Crippen molar-refractivity contribution in [1.82, 2.24) is 0 Å². The van der Waals surface area contributed by atoms with Crippen LogP contribution in [0.2, 0.25) is 0 Å². The molecule has 0 saturated carbocycles. The van der Waals surface area contributed by atoms with Gasteiger partial charge in [-0.25, -0.2) is 0 Å². The van der Waals surface area contributed by atoms with E-state index in [1.165, 1.54) is 31.7 Å². The molecule has 1 aliphatic carbocycles. The maximum absolute atomic E-state index is 6.70. The van der Waals surface area contributed by atoms with E-state index in [2.05, 4.69) is 96.1 Å². The third-order valence-corrected chi connectivity index (χ3v) is 9.63. The average Bonchev–Trinajstić information content (AvgIpc) is 2.84. The topological polar surface area (TPSA) is 9.23 Å². The fourth-order valence-corrected chi connectivity index (χ4v) is 7.32. The van der Waals surface area contributed by atoms with Crippen LogP contribution in [0, 0.1) is 5.92 Å². The standard InChI is InChI=1S/C12H10O.C9H13.C3H6.Ti/c13-12-8-4-7-11(9-12)10-5-2-1-3-6-10;1-6-5-7(2)9(4)8(6)3;1-3-2;/h1-9,13H;6H,1-4H3;1-2H3;/q;;;+1/p-1. The number of hydrogen-bond donors (Lipinski definition) is 0. The van der Waals surface area contributed by atoms with Crippen LogP contribution in [0.5, 0.6) is 5.75 Å². The molecule has 134 valence electrons. The monoisotopic (exact) mass is 380 g/mol. The SMILES string of the molecule is CC1=C(C)C(C)[C]([Ti]([O]c2cccc(-c3ccccc3)c2)=[C](C)C)=C1C. The summed E-state index contributed by atoms with van der Waals surface area (Å²) in [4.78, 5) is 0. The molecule has 0 heterocycles. The Hall–Kier alpha value is -1.70. The van der Waals surface area contributed by atoms with Gasteiger partial charge in [-0.2, -0.15) is 0 Å². The second kappa shape index (κ2) is 7.90. The van der Waals surface area contributed by atoms with Gasteiger partial charge in [-0.3, -0.25) is 0 Å². The molecule has 3 rings (SSSR count). The first-order valence-corrected chi connectivity index (χ1v) is 11.5. The number of hydrogen-bond acceptors (Lipinski definition) is 1. The first-order valence-electron chi connectivity index (χ1n) is 9.29. The molecule has 0 aromatic heterocycles. The van der Waals surface area contributed by atoms with Gasteiger partial charge in [-0.15, -0.1) is 0 Å². The second-order valence-electron chi connectivity index (χ2n) is 7.39. The predicted octanol–water partition coefficient (Wildman–Crippen LogP) is 6.74. The molecular weight excluding hydrogens is 352 g/mol. The Morgan fingerprint density at radius 1 is 0.846 bits per heavy atom. The molecular formula is C24H28OTi. The summed E-state index contributed by atoms with van der Waals surface area (Å²) in [6.45, 7) is 13.6. The van der Waals surface area contributed by atoms with Crippen molar-refractivity contribution in [2.24, 2.45) is 5.92 Å². The van der Waals surface area contributed by atoms with E-state index < -0.39 is 17.8 Å². The van der Waals surface area contributed by atoms with Gasteiger partial charge >= 0.3 is 164 Å². The third kappa shape index (κ3) is 3.70. The van der Waals surface area contributed by atoms with Crippen LogP contribution in [0.15, 0.2) is 75.2 Å². The van der Waals surface area contributed by atoms with Crippen molar-refractivity contribution in [2.75, 3.05) is 0 Å². The number of benzene rings is 2. The van der Waals surface area contributed by atoms with E-state index in [0.29, 0.717) is 5.92 Å². The minimum absolute atomic E-state index is 0.511. The minimum atomic E-state index is -1.97. The van der Waals surface area contributed by atoms with Crippen LogP contribution >= 0.6 is 0 Å². The number of rotatable bonds is 4. The van der Waals surface area contributed by atoms with Crippen LogP contribution < -0.4 is 3.32 Å². The Morgan fingerprint density at radius 2 is 1.50 bits per heavy atom. The summed E-state index contributed by atoms with van der Waals surface area (Å²) < 4.78 is 9.74. The normalized spacial score (nSPS) is 16.9. The molecule has 0 amide bonds. The van der Waals surface area contributed by atoms with Gasteiger partial charge in [0.25, 0.3) is 0 Å². The summed E-state index contributed by atoms with van der Waals surface area (Å²) in [5.74, 6) is 1.51. The zero-order chi connectivity index (χ0) is 18.8. The van der Waals surface area contributed by atoms with E-state index in [4.69, 9.17) is 3.32 Å². The molecule has 1 nitrogen and oxygen atoms in total. The fraction of sp³-hybridized carbons (Fsp3) is 0.292. The molecule has 0 aliphatic heterocycles. The summed E-state index contributed by atoms with van der Waals surface area (Å²) in [7, 11) is 0. The molecule has 2 aromatic carbocycles. The van der Waals surface area contributed by atoms with Crippen LogP contribution in [0.25, 0.3) is 11.1 Å². The van der Waals surface area contributed by atoms with Gasteiger partial charge in [-0.05, 0) is 0 Å². The van der Waals surface area contributed by atoms with Crippen molar-refractivity contribution in [1.29, 1.82) is 0 Å². The molecule has 26 heavy (non-hydrogen) atoms. The molecule has 1 unspecified atom stereocenters. The van der Waals surface area contributed by atoms with Crippen LogP contribution in [0.4, 0.5) is 0 Å². The molecule has 2 aromatic rings. The first kappa shape index (κ1) is 19.1. The van der Waals surface area contributed by atoms with E-state index in [9.17, 15) is 0 Å². The zero-order valence-electron chi connectivity index (χ0n) is 16.7. The predicted molar refractivity (Wildman–Crippen MR) is 109 cm³/mol. The van der Waals surface area contributed by atoms with E-state index in [1.807, 2.05) is 0 Å². The zero-order valence-corrected chi connectivity index (χ0v) is 18.2. The Bertz CT molecular complexity index is 912. The Balaban J connectivity index is 1.96. The Kier molecular flexibility index (Phi) is 5.80. The van der Waals surface area contributed by atoms with Gasteiger partial charge < -0.3 is 0 Å². The van der Waals surface area contributed by atoms with Crippen molar-refractivity contribution in [3.05, 3.63) is 75.2 Å². The molecule has 0 fully saturated rings. The quantitative estimate of drug-likeness (QED) is 0.534. The second-order valence-corrected chi connectivity index (χ2v) is 11.1. The van der Waals surface area contributed by atoms with Crippen LogP contribution in [0.1, 0.15) is 41.5 Å². The molecule has 2 heteroatoms. The summed E-state index contributed by atoms with van der Waals surface area (Å²) in [6.07, 6.45) is 0. The van der Waals surface area contributed by atoms with Crippen molar-refractivity contribution >= 4 is 3.81 Å². The molecule has 0 bridgehead atoms. The first-order chi connectivity index (χ1) is 12.4. The van der Waals surface area contributed by atoms with Gasteiger partial charge in [0.05, 0.1) is 0 Å². The van der Waals surface area contributed by atoms with Crippen molar-refractivity contribution < 1.29 is 21.1 Å². The molecule has 1 atom stereocenters. The molecule has 0 radical (unpaired) electrons. The van der Waals surface area contributed by atoms with Gasteiger partial charge in [0.2, 0.25) is 0 Å². The van der Waals surface area contributed by atoms with Gasteiger partial charge in [0.15, 0.2) is 0 Å². The molecule has 0 spiro atoms. The number of allylic oxidation sites excluding steroid dienone is 4. The Labute approximate surface area is 164 Å². The molecule has 0 N–H and O–H groups in total. The van der Waals surface area contributed by atoms with Crippen LogP contribution in [0.3, 0.4) is 0 Å². The van der Waals surface area contributed by atoms with Crippen LogP contribution in [-0.2, 0) is 17.8 Å². The summed E-state index contributed by atoms with van der Waals surface area (Å²) >= 11 is -1.97. The van der Waals surface area contributed by atoms with Crippen molar-refractivity contribution in [3.8, 4) is 16.9 Å². The van der Waals surface area contributed by atoms with E-state index in [1.54, 1.807) is 3.88 Å². The summed E-state index contributed by atoms with van der Waals surface area (Å²) in [5, 5.41) is 0. The van der Waals surface area contributed by atoms with Gasteiger partial charge in [0.1, 0.15) is 0 Å². The van der Waals surface area contributed by atoms with Crippen molar-refractivity contribution in [2.45, 2.75) is 41.5 Å². The summed E-state index contributed by atoms with van der Waals surface area (Å²) in [5.41, 5.74) is 6.87. The molecule has 1 aliphatic rings. The third-order valence-electron chi connectivity index (χ3n) is 5.50.